The third-order valence-electron chi connectivity index (χ3n) is 3.72. The van der Waals surface area contributed by atoms with E-state index in [1.165, 1.54) is 0 Å². The Balaban J connectivity index is 2.25. The van der Waals surface area contributed by atoms with E-state index in [-0.39, 0.29) is 0 Å². The minimum absolute atomic E-state index is 0.718. The summed E-state index contributed by atoms with van der Waals surface area (Å²) in [6.45, 7) is 4.07. The molecule has 0 bridgehead atoms. The number of aliphatic carboxylic acids is 1. The van der Waals surface area contributed by atoms with E-state index in [9.17, 15) is 9.90 Å². The first-order valence-corrected chi connectivity index (χ1v) is 6.62. The van der Waals surface area contributed by atoms with Gasteiger partial charge in [0.2, 0.25) is 0 Å². The molecule has 2 rings (SSSR count). The summed E-state index contributed by atoms with van der Waals surface area (Å²) >= 11 is 0. The van der Waals surface area contributed by atoms with Crippen molar-refractivity contribution in [3.8, 4) is 0 Å². The number of anilines is 1. The molecule has 0 spiro atoms. The SMILES string of the molecule is Cc1cc(C)cc(NC2(C(=O)O)CCCCC2)c1. The van der Waals surface area contributed by atoms with Crippen LogP contribution in [0.2, 0.25) is 0 Å². The van der Waals surface area contributed by atoms with Gasteiger partial charge >= 0.3 is 5.97 Å². The maximum Gasteiger partial charge on any atom is 0.329 e. The topological polar surface area (TPSA) is 49.3 Å². The number of carboxylic acids is 1. The lowest BCUT2D eigenvalue weighted by molar-refractivity contribution is -0.143. The molecule has 1 fully saturated rings. The lowest BCUT2D eigenvalue weighted by atomic mass is 9.81. The Hall–Kier alpha value is -1.51. The average molecular weight is 247 g/mol. The van der Waals surface area contributed by atoms with Crippen LogP contribution in [-0.4, -0.2) is 16.6 Å². The van der Waals surface area contributed by atoms with E-state index >= 15 is 0 Å². The predicted molar refractivity (Wildman–Crippen MR) is 73.0 cm³/mol. The molecule has 3 heteroatoms. The lowest BCUT2D eigenvalue weighted by Gasteiger charge is -2.35. The Morgan fingerprint density at radius 1 is 1.11 bits per heavy atom. The average Bonchev–Trinajstić information content (AvgIpc) is 2.28. The van der Waals surface area contributed by atoms with E-state index in [2.05, 4.69) is 11.4 Å². The Labute approximate surface area is 108 Å². The molecule has 0 aromatic heterocycles. The van der Waals surface area contributed by atoms with Crippen molar-refractivity contribution in [1.82, 2.24) is 0 Å². The molecule has 1 aromatic rings. The maximum atomic E-state index is 11.6. The van der Waals surface area contributed by atoms with E-state index in [1.54, 1.807) is 0 Å². The summed E-state index contributed by atoms with van der Waals surface area (Å²) in [6.07, 6.45) is 4.56. The van der Waals surface area contributed by atoms with Crippen LogP contribution in [0, 0.1) is 13.8 Å². The molecule has 1 aliphatic carbocycles. The van der Waals surface area contributed by atoms with Crippen LogP contribution >= 0.6 is 0 Å². The van der Waals surface area contributed by atoms with E-state index in [1.807, 2.05) is 26.0 Å². The highest BCUT2D eigenvalue weighted by molar-refractivity contribution is 5.83. The number of carbonyl (C=O) groups is 1. The Bertz CT molecular complexity index is 428. The predicted octanol–water partition coefficient (Wildman–Crippen LogP) is 3.50. The normalized spacial score (nSPS) is 18.3. The van der Waals surface area contributed by atoms with Crippen molar-refractivity contribution in [2.45, 2.75) is 51.5 Å². The highest BCUT2D eigenvalue weighted by Gasteiger charge is 2.39. The third-order valence-corrected chi connectivity index (χ3v) is 3.72. The first-order valence-electron chi connectivity index (χ1n) is 6.62. The second-order valence-electron chi connectivity index (χ2n) is 5.45. The molecule has 0 amide bonds. The summed E-state index contributed by atoms with van der Waals surface area (Å²) in [4.78, 5) is 11.6. The van der Waals surface area contributed by atoms with Crippen molar-refractivity contribution in [1.29, 1.82) is 0 Å². The molecule has 98 valence electrons. The van der Waals surface area contributed by atoms with Crippen molar-refractivity contribution in [2.75, 3.05) is 5.32 Å². The molecule has 0 aliphatic heterocycles. The quantitative estimate of drug-likeness (QED) is 0.859. The highest BCUT2D eigenvalue weighted by Crippen LogP contribution is 2.32. The van der Waals surface area contributed by atoms with E-state index in [0.29, 0.717) is 0 Å². The molecule has 0 heterocycles. The van der Waals surface area contributed by atoms with Crippen LogP contribution in [0.3, 0.4) is 0 Å². The van der Waals surface area contributed by atoms with Gasteiger partial charge in [-0.3, -0.25) is 0 Å². The van der Waals surface area contributed by atoms with Crippen LogP contribution in [0.5, 0.6) is 0 Å². The summed E-state index contributed by atoms with van der Waals surface area (Å²) in [5.74, 6) is -0.721. The molecule has 3 nitrogen and oxygen atoms in total. The lowest BCUT2D eigenvalue weighted by Crippen LogP contribution is -2.47. The third kappa shape index (κ3) is 2.66. The number of hydrogen-bond donors (Lipinski definition) is 2. The number of carboxylic acid groups (broad SMARTS) is 1. The number of hydrogen-bond acceptors (Lipinski definition) is 2. The van der Waals surface area contributed by atoms with Gasteiger partial charge in [-0.15, -0.1) is 0 Å². The van der Waals surface area contributed by atoms with Crippen LogP contribution in [0.25, 0.3) is 0 Å². The van der Waals surface area contributed by atoms with Crippen molar-refractivity contribution >= 4 is 11.7 Å². The van der Waals surface area contributed by atoms with Gasteiger partial charge in [-0.05, 0) is 49.9 Å². The highest BCUT2D eigenvalue weighted by atomic mass is 16.4. The van der Waals surface area contributed by atoms with Gasteiger partial charge in [0.1, 0.15) is 5.54 Å². The first-order chi connectivity index (χ1) is 8.52. The summed E-state index contributed by atoms with van der Waals surface area (Å²) in [7, 11) is 0. The molecule has 18 heavy (non-hydrogen) atoms. The van der Waals surface area contributed by atoms with Crippen LogP contribution < -0.4 is 5.32 Å². The van der Waals surface area contributed by atoms with Crippen molar-refractivity contribution in [3.05, 3.63) is 29.3 Å². The van der Waals surface area contributed by atoms with Gasteiger partial charge in [0.15, 0.2) is 0 Å². The van der Waals surface area contributed by atoms with Crippen LogP contribution in [-0.2, 0) is 4.79 Å². The van der Waals surface area contributed by atoms with Gasteiger partial charge in [-0.2, -0.15) is 0 Å². The molecule has 0 saturated heterocycles. The molecule has 2 N–H and O–H groups in total. The molecule has 0 unspecified atom stereocenters. The summed E-state index contributed by atoms with van der Waals surface area (Å²) in [5.41, 5.74) is 2.48. The molecule has 1 saturated carbocycles. The Kier molecular flexibility index (Phi) is 3.60. The molecule has 0 radical (unpaired) electrons. The van der Waals surface area contributed by atoms with Crippen molar-refractivity contribution in [2.24, 2.45) is 0 Å². The Morgan fingerprint density at radius 2 is 1.67 bits per heavy atom. The van der Waals surface area contributed by atoms with E-state index in [4.69, 9.17) is 0 Å². The standard InChI is InChI=1S/C15H21NO2/c1-11-8-12(2)10-13(9-11)16-15(14(17)18)6-4-3-5-7-15/h8-10,16H,3-7H2,1-2H3,(H,17,18). The van der Waals surface area contributed by atoms with E-state index in [0.717, 1.165) is 48.9 Å². The van der Waals surface area contributed by atoms with Crippen LogP contribution in [0.1, 0.15) is 43.2 Å². The Morgan fingerprint density at radius 3 is 2.17 bits per heavy atom. The molecular formula is C15H21NO2. The van der Waals surface area contributed by atoms with Crippen LogP contribution in [0.4, 0.5) is 5.69 Å². The fourth-order valence-electron chi connectivity index (χ4n) is 2.87. The second-order valence-corrected chi connectivity index (χ2v) is 5.45. The van der Waals surface area contributed by atoms with E-state index < -0.39 is 11.5 Å². The number of rotatable bonds is 3. The van der Waals surface area contributed by atoms with Crippen LogP contribution in [0.15, 0.2) is 18.2 Å². The number of aryl methyl sites for hydroxylation is 2. The van der Waals surface area contributed by atoms with Crippen molar-refractivity contribution < 1.29 is 9.90 Å². The summed E-state index contributed by atoms with van der Waals surface area (Å²) < 4.78 is 0. The maximum absolute atomic E-state index is 11.6. The van der Waals surface area contributed by atoms with Gasteiger partial charge < -0.3 is 10.4 Å². The number of benzene rings is 1. The fraction of sp³-hybridized carbons (Fsp3) is 0.533. The first kappa shape index (κ1) is 12.9. The van der Waals surface area contributed by atoms with Gasteiger partial charge in [0, 0.05) is 5.69 Å². The second kappa shape index (κ2) is 5.01. The zero-order valence-electron chi connectivity index (χ0n) is 11.1. The number of nitrogens with one attached hydrogen (secondary N) is 1. The largest absolute Gasteiger partial charge is 0.480 e. The van der Waals surface area contributed by atoms with Gasteiger partial charge in [-0.25, -0.2) is 4.79 Å². The molecule has 1 aromatic carbocycles. The minimum Gasteiger partial charge on any atom is -0.480 e. The van der Waals surface area contributed by atoms with Crippen molar-refractivity contribution in [3.63, 3.8) is 0 Å². The smallest absolute Gasteiger partial charge is 0.329 e. The fourth-order valence-corrected chi connectivity index (χ4v) is 2.87. The summed E-state index contributed by atoms with van der Waals surface area (Å²) in [5, 5.41) is 12.8. The molecule has 0 atom stereocenters. The zero-order valence-corrected chi connectivity index (χ0v) is 11.1. The minimum atomic E-state index is -0.765. The monoisotopic (exact) mass is 247 g/mol. The molecule has 1 aliphatic rings. The molecular weight excluding hydrogens is 226 g/mol. The van der Waals surface area contributed by atoms with Gasteiger partial charge in [0.25, 0.3) is 0 Å². The zero-order chi connectivity index (χ0) is 13.2. The van der Waals surface area contributed by atoms with Gasteiger partial charge in [0.05, 0.1) is 0 Å². The summed E-state index contributed by atoms with van der Waals surface area (Å²) in [6, 6.07) is 6.14. The van der Waals surface area contributed by atoms with Gasteiger partial charge in [-0.1, -0.05) is 25.3 Å².